The van der Waals surface area contributed by atoms with Gasteiger partial charge in [-0.3, -0.25) is 0 Å². The van der Waals surface area contributed by atoms with Gasteiger partial charge in [-0.15, -0.1) is 0 Å². The summed E-state index contributed by atoms with van der Waals surface area (Å²) in [5, 5.41) is 10.3. The van der Waals surface area contributed by atoms with E-state index < -0.39 is 0 Å². The number of methoxy groups -OCH3 is 1. The number of anilines is 2. The lowest BCUT2D eigenvalue weighted by atomic mass is 10.1. The Bertz CT molecular complexity index is 918. The van der Waals surface area contributed by atoms with Gasteiger partial charge in [0.2, 0.25) is 0 Å². The van der Waals surface area contributed by atoms with Crippen molar-refractivity contribution in [1.29, 1.82) is 5.26 Å². The lowest BCUT2D eigenvalue weighted by Gasteiger charge is -2.22. The van der Waals surface area contributed by atoms with Crippen LogP contribution in [0.3, 0.4) is 0 Å². The number of hydrogen-bond donors (Lipinski definition) is 0. The first-order valence-electron chi connectivity index (χ1n) is 7.01. The molecule has 4 nitrogen and oxygen atoms in total. The smallest absolute Gasteiger partial charge is 0.143 e. The first kappa shape index (κ1) is 15.6. The molecule has 3 aromatic rings. The molecular formula is C18H14IN3O. The summed E-state index contributed by atoms with van der Waals surface area (Å²) in [4.78, 5) is 6.43. The van der Waals surface area contributed by atoms with E-state index in [1.165, 1.54) is 0 Å². The zero-order valence-corrected chi connectivity index (χ0v) is 14.9. The van der Waals surface area contributed by atoms with Crippen molar-refractivity contribution in [2.45, 2.75) is 0 Å². The van der Waals surface area contributed by atoms with Crippen molar-refractivity contribution < 1.29 is 4.74 Å². The third kappa shape index (κ3) is 2.94. The summed E-state index contributed by atoms with van der Waals surface area (Å²) in [6.45, 7) is 0. The van der Waals surface area contributed by atoms with Gasteiger partial charge in [0.15, 0.2) is 0 Å². The summed E-state index contributed by atoms with van der Waals surface area (Å²) in [6, 6.07) is 17.8. The first-order valence-corrected chi connectivity index (χ1v) is 8.09. The summed E-state index contributed by atoms with van der Waals surface area (Å²) in [7, 11) is 3.65. The number of nitriles is 1. The van der Waals surface area contributed by atoms with Crippen LogP contribution < -0.4 is 9.64 Å². The number of rotatable bonds is 3. The van der Waals surface area contributed by atoms with E-state index in [0.717, 1.165) is 31.6 Å². The highest BCUT2D eigenvalue weighted by Gasteiger charge is 2.12. The summed E-state index contributed by atoms with van der Waals surface area (Å²) in [6.07, 6.45) is 0. The second-order valence-corrected chi connectivity index (χ2v) is 6.20. The Kier molecular flexibility index (Phi) is 4.35. The van der Waals surface area contributed by atoms with Crippen LogP contribution in [-0.4, -0.2) is 19.1 Å². The lowest BCUT2D eigenvalue weighted by Crippen LogP contribution is -2.11. The predicted molar refractivity (Wildman–Crippen MR) is 100 cm³/mol. The molecule has 5 heteroatoms. The molecule has 0 unspecified atom stereocenters. The summed E-state index contributed by atoms with van der Waals surface area (Å²) < 4.78 is 6.35. The normalized spacial score (nSPS) is 10.3. The van der Waals surface area contributed by atoms with Crippen LogP contribution in [0.25, 0.3) is 10.9 Å². The van der Waals surface area contributed by atoms with Crippen molar-refractivity contribution in [1.82, 2.24) is 4.98 Å². The highest BCUT2D eigenvalue weighted by molar-refractivity contribution is 14.1. The Balaban J connectivity index is 2.15. The average molecular weight is 415 g/mol. The molecule has 114 valence electrons. The van der Waals surface area contributed by atoms with Gasteiger partial charge in [0.1, 0.15) is 17.5 Å². The second-order valence-electron chi connectivity index (χ2n) is 5.03. The van der Waals surface area contributed by atoms with Crippen LogP contribution in [0.15, 0.2) is 48.5 Å². The SMILES string of the molecule is COc1ccc(N(C)c2cc(C#N)nc3ccccc23)cc1I. The van der Waals surface area contributed by atoms with Crippen LogP contribution in [0.2, 0.25) is 0 Å². The molecule has 0 bridgehead atoms. The third-order valence-electron chi connectivity index (χ3n) is 3.69. The minimum absolute atomic E-state index is 0.411. The van der Waals surface area contributed by atoms with E-state index in [2.05, 4.69) is 44.6 Å². The Hall–Kier alpha value is -2.33. The molecule has 0 fully saturated rings. The van der Waals surface area contributed by atoms with E-state index in [1.54, 1.807) is 7.11 Å². The van der Waals surface area contributed by atoms with Gasteiger partial charge >= 0.3 is 0 Å². The first-order chi connectivity index (χ1) is 11.1. The number of aromatic nitrogens is 1. The van der Waals surface area contributed by atoms with Gasteiger partial charge in [0.25, 0.3) is 0 Å². The molecule has 0 N–H and O–H groups in total. The van der Waals surface area contributed by atoms with E-state index in [0.29, 0.717) is 5.69 Å². The van der Waals surface area contributed by atoms with Crippen molar-refractivity contribution in [3.63, 3.8) is 0 Å². The molecular weight excluding hydrogens is 401 g/mol. The molecule has 0 radical (unpaired) electrons. The van der Waals surface area contributed by atoms with Crippen LogP contribution in [0.1, 0.15) is 5.69 Å². The Labute approximate surface area is 148 Å². The predicted octanol–water partition coefficient (Wildman–Crippen LogP) is 4.49. The molecule has 23 heavy (non-hydrogen) atoms. The van der Waals surface area contributed by atoms with Crippen LogP contribution in [0.5, 0.6) is 5.75 Å². The zero-order chi connectivity index (χ0) is 16.4. The molecule has 0 aliphatic carbocycles. The molecule has 0 spiro atoms. The summed E-state index contributed by atoms with van der Waals surface area (Å²) in [5.41, 5.74) is 3.20. The van der Waals surface area contributed by atoms with E-state index in [9.17, 15) is 5.26 Å². The van der Waals surface area contributed by atoms with Gasteiger partial charge in [0.05, 0.1) is 21.9 Å². The molecule has 0 saturated heterocycles. The van der Waals surface area contributed by atoms with E-state index in [-0.39, 0.29) is 0 Å². The van der Waals surface area contributed by atoms with E-state index in [4.69, 9.17) is 4.74 Å². The van der Waals surface area contributed by atoms with Crippen LogP contribution in [0, 0.1) is 14.9 Å². The Morgan fingerprint density at radius 1 is 1.17 bits per heavy atom. The topological polar surface area (TPSA) is 49.1 Å². The van der Waals surface area contributed by atoms with Crippen molar-refractivity contribution in [2.75, 3.05) is 19.1 Å². The molecule has 0 atom stereocenters. The fourth-order valence-electron chi connectivity index (χ4n) is 2.49. The van der Waals surface area contributed by atoms with Crippen LogP contribution in [-0.2, 0) is 0 Å². The average Bonchev–Trinajstić information content (AvgIpc) is 2.60. The second kappa shape index (κ2) is 6.42. The Morgan fingerprint density at radius 3 is 2.65 bits per heavy atom. The van der Waals surface area contributed by atoms with Gasteiger partial charge in [-0.1, -0.05) is 18.2 Å². The van der Waals surface area contributed by atoms with Crippen molar-refractivity contribution in [2.24, 2.45) is 0 Å². The highest BCUT2D eigenvalue weighted by atomic mass is 127. The molecule has 0 saturated carbocycles. The fraction of sp³-hybridized carbons (Fsp3) is 0.111. The largest absolute Gasteiger partial charge is 0.496 e. The molecule has 0 aliphatic heterocycles. The minimum atomic E-state index is 0.411. The quantitative estimate of drug-likeness (QED) is 0.592. The third-order valence-corrected chi connectivity index (χ3v) is 4.54. The Morgan fingerprint density at radius 2 is 1.96 bits per heavy atom. The van der Waals surface area contributed by atoms with E-state index >= 15 is 0 Å². The number of nitrogens with zero attached hydrogens (tertiary/aromatic N) is 3. The standard InChI is InChI=1S/C18H14IN3O/c1-22(13-7-8-18(23-2)15(19)10-13)17-9-12(11-20)21-16-6-4-3-5-14(16)17/h3-10H,1-2H3. The van der Waals surface area contributed by atoms with E-state index in [1.807, 2.05) is 49.5 Å². The fourth-order valence-corrected chi connectivity index (χ4v) is 3.21. The number of benzene rings is 2. The lowest BCUT2D eigenvalue weighted by molar-refractivity contribution is 0.412. The highest BCUT2D eigenvalue weighted by Crippen LogP contribution is 2.33. The van der Waals surface area contributed by atoms with Crippen LogP contribution in [0.4, 0.5) is 11.4 Å². The van der Waals surface area contributed by atoms with Gasteiger partial charge in [-0.25, -0.2) is 4.98 Å². The maximum Gasteiger partial charge on any atom is 0.143 e. The molecule has 2 aromatic carbocycles. The monoisotopic (exact) mass is 415 g/mol. The molecule has 0 aliphatic rings. The summed E-state index contributed by atoms with van der Waals surface area (Å²) in [5.74, 6) is 0.847. The van der Waals surface area contributed by atoms with Gasteiger partial charge in [-0.05, 0) is 52.9 Å². The van der Waals surface area contributed by atoms with Crippen molar-refractivity contribution in [3.05, 3.63) is 57.8 Å². The van der Waals surface area contributed by atoms with Crippen molar-refractivity contribution >= 4 is 44.9 Å². The molecule has 0 amide bonds. The molecule has 1 aromatic heterocycles. The van der Waals surface area contributed by atoms with Gasteiger partial charge in [-0.2, -0.15) is 5.26 Å². The number of fused-ring (bicyclic) bond motifs is 1. The number of halogens is 1. The summed E-state index contributed by atoms with van der Waals surface area (Å²) >= 11 is 2.25. The van der Waals surface area contributed by atoms with Crippen LogP contribution >= 0.6 is 22.6 Å². The van der Waals surface area contributed by atoms with Gasteiger partial charge < -0.3 is 9.64 Å². The zero-order valence-electron chi connectivity index (χ0n) is 12.7. The number of para-hydroxylation sites is 1. The maximum atomic E-state index is 9.24. The number of hydrogen-bond acceptors (Lipinski definition) is 4. The molecule has 1 heterocycles. The number of pyridine rings is 1. The van der Waals surface area contributed by atoms with Gasteiger partial charge in [0, 0.05) is 18.1 Å². The maximum absolute atomic E-state index is 9.24. The van der Waals surface area contributed by atoms with Crippen molar-refractivity contribution in [3.8, 4) is 11.8 Å². The number of ether oxygens (including phenoxy) is 1. The minimum Gasteiger partial charge on any atom is -0.496 e. The molecule has 3 rings (SSSR count).